The van der Waals surface area contributed by atoms with Crippen LogP contribution in [0, 0.1) is 21.2 Å². The number of benzene rings is 2. The molecule has 9 heteroatoms. The predicted molar refractivity (Wildman–Crippen MR) is 130 cm³/mol. The average molecular weight is 791 g/mol. The van der Waals surface area contributed by atoms with Crippen LogP contribution in [-0.4, -0.2) is 22.2 Å². The van der Waals surface area contributed by atoms with Crippen LogP contribution >= 0.6 is 90.4 Å². The summed E-state index contributed by atoms with van der Waals surface area (Å²) in [5.74, 6) is 0.575. The normalized spacial score (nSPS) is 12.1. The largest absolute Gasteiger partial charge is 0.506 e. The van der Waals surface area contributed by atoms with Gasteiger partial charge in [-0.3, -0.25) is 4.79 Å². The summed E-state index contributed by atoms with van der Waals surface area (Å²) in [5, 5.41) is 18.9. The molecule has 0 heterocycles. The number of phenolic OH excluding ortho intramolecular Hbond substituents is 1. The summed E-state index contributed by atoms with van der Waals surface area (Å²) < 4.78 is 9.27. The highest BCUT2D eigenvalue weighted by Crippen LogP contribution is 2.38. The van der Waals surface area contributed by atoms with Gasteiger partial charge >= 0.3 is 5.97 Å². The van der Waals surface area contributed by atoms with Gasteiger partial charge < -0.3 is 20.7 Å². The van der Waals surface area contributed by atoms with E-state index in [0.29, 0.717) is 18.6 Å². The van der Waals surface area contributed by atoms with E-state index in [4.69, 9.17) is 15.6 Å². The number of ether oxygens (including phenoxy) is 1. The first-order valence-corrected chi connectivity index (χ1v) is 11.2. The molecule has 0 aromatic heterocycles. The van der Waals surface area contributed by atoms with Crippen LogP contribution in [-0.2, 0) is 11.2 Å². The number of aromatic hydroxyl groups is 1. The highest BCUT2D eigenvalue weighted by atomic mass is 127. The number of hydrogen-bond acceptors (Lipinski definition) is 4. The van der Waals surface area contributed by atoms with E-state index in [0.717, 1.165) is 18.3 Å². The maximum atomic E-state index is 11.0. The lowest BCUT2D eigenvalue weighted by Gasteiger charge is -2.17. The molecule has 5 nitrogen and oxygen atoms in total. The van der Waals surface area contributed by atoms with E-state index in [2.05, 4.69) is 90.4 Å². The lowest BCUT2D eigenvalue weighted by atomic mass is 10.0. The van der Waals surface area contributed by atoms with Crippen LogP contribution in [0.15, 0.2) is 18.2 Å². The highest BCUT2D eigenvalue weighted by Gasteiger charge is 2.19. The van der Waals surface area contributed by atoms with Crippen LogP contribution in [0.25, 0.3) is 0 Å². The van der Waals surface area contributed by atoms with Crippen molar-refractivity contribution in [2.24, 2.45) is 5.73 Å². The maximum absolute atomic E-state index is 11.0. The second kappa shape index (κ2) is 9.05. The summed E-state index contributed by atoms with van der Waals surface area (Å²) in [4.78, 5) is 11.0. The summed E-state index contributed by atoms with van der Waals surface area (Å²) in [6.45, 7) is 1.93. The first kappa shape index (κ1) is 21.7. The number of carboxylic acid groups (broad SMARTS) is 1. The number of carbonyl (C=O) groups is 1. The van der Waals surface area contributed by atoms with E-state index in [9.17, 15) is 9.90 Å². The molecule has 0 aliphatic carbocycles. The second-order valence-corrected chi connectivity index (χ2v) is 9.84. The van der Waals surface area contributed by atoms with Gasteiger partial charge in [-0.25, -0.2) is 0 Å². The molecule has 4 N–H and O–H groups in total. The molecule has 134 valence electrons. The molecule has 2 aromatic rings. The van der Waals surface area contributed by atoms with Crippen molar-refractivity contribution >= 4 is 96.3 Å². The molecule has 2 aromatic carbocycles. The molecule has 2 rings (SSSR count). The van der Waals surface area contributed by atoms with Gasteiger partial charge in [-0.1, -0.05) is 0 Å². The quantitative estimate of drug-likeness (QED) is 0.377. The lowest BCUT2D eigenvalue weighted by Crippen LogP contribution is -2.32. The van der Waals surface area contributed by atoms with Gasteiger partial charge in [0, 0.05) is 0 Å². The molecule has 25 heavy (non-hydrogen) atoms. The first-order chi connectivity index (χ1) is 11.6. The van der Waals surface area contributed by atoms with E-state index in [-0.39, 0.29) is 12.2 Å². The van der Waals surface area contributed by atoms with Crippen LogP contribution in [0.5, 0.6) is 17.2 Å². The van der Waals surface area contributed by atoms with E-state index in [1.165, 1.54) is 0 Å². The van der Waals surface area contributed by atoms with Gasteiger partial charge in [0.15, 0.2) is 5.75 Å². The van der Waals surface area contributed by atoms with Crippen molar-refractivity contribution in [3.63, 3.8) is 0 Å². The van der Waals surface area contributed by atoms with Gasteiger partial charge in [0.1, 0.15) is 17.5 Å². The molecule has 0 aliphatic rings. The van der Waals surface area contributed by atoms with Crippen molar-refractivity contribution in [2.45, 2.75) is 19.4 Å². The summed E-state index contributed by atoms with van der Waals surface area (Å²) in [6, 6.07) is 4.52. The fourth-order valence-corrected chi connectivity index (χ4v) is 5.82. The van der Waals surface area contributed by atoms with Crippen molar-refractivity contribution in [1.82, 2.24) is 0 Å². The number of nitrogens with two attached hydrogens (primary N) is 1. The Bertz CT molecular complexity index is 818. The third-order valence-electron chi connectivity index (χ3n) is 3.50. The van der Waals surface area contributed by atoms with Gasteiger partial charge in [-0.2, -0.15) is 0 Å². The van der Waals surface area contributed by atoms with Gasteiger partial charge in [0.25, 0.3) is 0 Å². The fourth-order valence-electron chi connectivity index (χ4n) is 2.09. The maximum Gasteiger partial charge on any atom is 0.320 e. The van der Waals surface area contributed by atoms with Crippen LogP contribution in [0.1, 0.15) is 11.1 Å². The van der Waals surface area contributed by atoms with E-state index in [1.807, 2.05) is 13.0 Å². The van der Waals surface area contributed by atoms with Gasteiger partial charge in [-0.15, -0.1) is 0 Å². The Morgan fingerprint density at radius 1 is 1.16 bits per heavy atom. The molecular formula is C16H13I4NO4. The molecule has 0 fully saturated rings. The molecular weight excluding hydrogens is 778 g/mol. The van der Waals surface area contributed by atoms with E-state index >= 15 is 0 Å². The predicted octanol–water partition coefficient (Wildman–Crippen LogP) is 4.87. The Kier molecular flexibility index (Phi) is 7.85. The first-order valence-electron chi connectivity index (χ1n) is 6.93. The zero-order valence-corrected chi connectivity index (χ0v) is 21.4. The van der Waals surface area contributed by atoms with Crippen LogP contribution in [0.2, 0.25) is 0 Å². The Balaban J connectivity index is 2.40. The van der Waals surface area contributed by atoms with Gasteiger partial charge in [0.05, 0.1) is 14.3 Å². The second-order valence-electron chi connectivity index (χ2n) is 5.27. The summed E-state index contributed by atoms with van der Waals surface area (Å²) in [5.41, 5.74) is 7.51. The van der Waals surface area contributed by atoms with Crippen molar-refractivity contribution < 1.29 is 19.7 Å². The van der Waals surface area contributed by atoms with Crippen LogP contribution in [0.3, 0.4) is 0 Å². The van der Waals surface area contributed by atoms with E-state index < -0.39 is 12.0 Å². The Morgan fingerprint density at radius 3 is 2.24 bits per heavy atom. The minimum Gasteiger partial charge on any atom is -0.506 e. The summed E-state index contributed by atoms with van der Waals surface area (Å²) in [7, 11) is 0. The number of phenols is 1. The molecule has 0 radical (unpaired) electrons. The lowest BCUT2D eigenvalue weighted by molar-refractivity contribution is -0.138. The number of carboxylic acids is 1. The van der Waals surface area contributed by atoms with Crippen molar-refractivity contribution in [3.05, 3.63) is 43.6 Å². The average Bonchev–Trinajstić information content (AvgIpc) is 2.53. The van der Waals surface area contributed by atoms with Crippen molar-refractivity contribution in [2.75, 3.05) is 0 Å². The van der Waals surface area contributed by atoms with Crippen LogP contribution < -0.4 is 10.5 Å². The SMILES string of the molecule is Cc1c(CC(N)C(=O)O)cc(I)c(Oc2cc(I)c(O)c(I)c2)c1I. The fraction of sp³-hybridized carbons (Fsp3) is 0.188. The zero-order chi connectivity index (χ0) is 18.9. The topological polar surface area (TPSA) is 92.8 Å². The molecule has 0 bridgehead atoms. The molecule has 0 spiro atoms. The van der Waals surface area contributed by atoms with Crippen molar-refractivity contribution in [1.29, 1.82) is 0 Å². The van der Waals surface area contributed by atoms with Gasteiger partial charge in [-0.05, 0) is 133 Å². The minimum atomic E-state index is -1.02. The van der Waals surface area contributed by atoms with Crippen molar-refractivity contribution in [3.8, 4) is 17.2 Å². The zero-order valence-electron chi connectivity index (χ0n) is 12.8. The van der Waals surface area contributed by atoms with Gasteiger partial charge in [0.2, 0.25) is 0 Å². The summed E-state index contributed by atoms with van der Waals surface area (Å²) >= 11 is 8.49. The van der Waals surface area contributed by atoms with Crippen LogP contribution in [0.4, 0.5) is 0 Å². The number of hydrogen-bond donors (Lipinski definition) is 3. The molecule has 0 amide bonds. The number of aliphatic carboxylic acids is 1. The number of rotatable bonds is 5. The third-order valence-corrected chi connectivity index (χ3v) is 7.24. The molecule has 1 atom stereocenters. The monoisotopic (exact) mass is 791 g/mol. The Morgan fingerprint density at radius 2 is 1.72 bits per heavy atom. The standard InChI is InChI=1S/C16H13I4NO4/c1-6-7(3-12(21)16(23)24)2-11(19)15(13(6)20)25-8-4-9(17)14(22)10(18)5-8/h2,4-5,12,22H,3,21H2,1H3,(H,23,24). The molecule has 0 saturated carbocycles. The Hall–Kier alpha value is 0.390. The summed E-state index contributed by atoms with van der Waals surface area (Å²) in [6.07, 6.45) is 0.266. The highest BCUT2D eigenvalue weighted by molar-refractivity contribution is 14.1. The third kappa shape index (κ3) is 5.22. The Labute approximate surface area is 199 Å². The minimum absolute atomic E-state index is 0.243. The van der Waals surface area contributed by atoms with E-state index in [1.54, 1.807) is 12.1 Å². The number of halogens is 4. The smallest absolute Gasteiger partial charge is 0.320 e. The molecule has 0 saturated heterocycles. The molecule has 1 unspecified atom stereocenters. The molecule has 0 aliphatic heterocycles.